The first-order chi connectivity index (χ1) is 21.8. The Hall–Kier alpha value is -3.90. The van der Waals surface area contributed by atoms with Crippen LogP contribution in [-0.2, 0) is 15.3 Å². The maximum Gasteiger partial charge on any atom is 0.301 e. The number of hydrogen-bond donors (Lipinski definition) is 1. The number of ketones is 1. The minimum atomic E-state index is -0.995. The smallest absolute Gasteiger partial charge is 0.301 e. The quantitative estimate of drug-likeness (QED) is 0.0396. The van der Waals surface area contributed by atoms with Crippen molar-refractivity contribution in [2.45, 2.75) is 42.8 Å². The van der Waals surface area contributed by atoms with E-state index in [1.807, 2.05) is 18.2 Å². The molecule has 0 saturated carbocycles. The number of Topliss-reactive ketones (excluding diaryl/α,β-unsaturated/α-hetero) is 1. The number of aromatic nitrogens is 4. The number of aliphatic hydroxyl groups is 1. The summed E-state index contributed by atoms with van der Waals surface area (Å²) in [5.41, 5.74) is 2.81. The Morgan fingerprint density at radius 2 is 1.93 bits per heavy atom. The number of benzene rings is 2. The van der Waals surface area contributed by atoms with Crippen molar-refractivity contribution in [3.63, 3.8) is 0 Å². The predicted octanol–water partition coefficient (Wildman–Crippen LogP) is 7.90. The summed E-state index contributed by atoms with van der Waals surface area (Å²) in [6.45, 7) is 4.35. The average Bonchev–Trinajstić information content (AvgIpc) is 3.70. The Morgan fingerprint density at radius 1 is 1.09 bits per heavy atom. The minimum Gasteiger partial charge on any atom is -0.505 e. The summed E-state index contributed by atoms with van der Waals surface area (Å²) in [4.78, 5) is 33.4. The van der Waals surface area contributed by atoms with Crippen molar-refractivity contribution < 1.29 is 19.4 Å². The summed E-state index contributed by atoms with van der Waals surface area (Å²) in [7, 11) is 0. The lowest BCUT2D eigenvalue weighted by Gasteiger charge is -2.23. The van der Waals surface area contributed by atoms with E-state index in [-0.39, 0.29) is 16.5 Å². The Bertz CT molecular complexity index is 1960. The number of aliphatic hydroxyl groups excluding tert-OH is 1. The molecule has 1 saturated heterocycles. The molecule has 1 aliphatic heterocycles. The fourth-order valence-corrected chi connectivity index (χ4v) is 7.54. The summed E-state index contributed by atoms with van der Waals surface area (Å²) < 4.78 is 8.22. The van der Waals surface area contributed by atoms with Crippen LogP contribution in [0.4, 0.5) is 5.13 Å². The number of halogens is 2. The van der Waals surface area contributed by atoms with Crippen LogP contribution in [0.2, 0.25) is 10.0 Å². The number of carbonyl (C=O) groups is 2. The number of unbranched alkanes of at least 4 members (excludes halogenated alkanes) is 1. The first-order valence-electron chi connectivity index (χ1n) is 14.1. The van der Waals surface area contributed by atoms with Gasteiger partial charge in [0.1, 0.15) is 17.1 Å². The van der Waals surface area contributed by atoms with Crippen LogP contribution in [0.3, 0.4) is 0 Å². The Labute approximate surface area is 277 Å². The van der Waals surface area contributed by atoms with E-state index in [1.54, 1.807) is 60.0 Å². The van der Waals surface area contributed by atoms with Crippen LogP contribution >= 0.6 is 46.3 Å². The van der Waals surface area contributed by atoms with Crippen LogP contribution in [0.15, 0.2) is 76.8 Å². The lowest BCUT2D eigenvalue weighted by atomic mass is 9.96. The average molecular weight is 681 g/mol. The van der Waals surface area contributed by atoms with E-state index >= 15 is 0 Å². The van der Waals surface area contributed by atoms with Crippen molar-refractivity contribution in [3.8, 4) is 5.75 Å². The zero-order chi connectivity index (χ0) is 31.7. The number of aryl methyl sites for hydroxylation is 1. The standard InChI is InChI=1S/C32H27Cl2N5O4S2/c1-3-4-14-43-22-9-7-8-19(15-22)27-25(28(40)26-18(2)35-24-10-5-6-13-38(24)26)29(41)30(42)39(27)31-36-37-32(45-31)44-17-20-11-12-21(33)16-23(20)34/h5-13,15-16,27,40H,3-4,14,17H2,1-2H3/b28-25+. The molecule has 4 heterocycles. The first-order valence-corrected chi connectivity index (χ1v) is 16.7. The third-order valence-corrected chi connectivity index (χ3v) is 9.97. The van der Waals surface area contributed by atoms with Crippen molar-refractivity contribution in [1.29, 1.82) is 0 Å². The van der Waals surface area contributed by atoms with Gasteiger partial charge in [-0.3, -0.25) is 18.9 Å². The monoisotopic (exact) mass is 679 g/mol. The van der Waals surface area contributed by atoms with Gasteiger partial charge in [-0.25, -0.2) is 4.98 Å². The predicted molar refractivity (Wildman–Crippen MR) is 177 cm³/mol. The molecule has 1 fully saturated rings. The van der Waals surface area contributed by atoms with Gasteiger partial charge in [-0.1, -0.05) is 83.9 Å². The molecule has 0 spiro atoms. The zero-order valence-corrected chi connectivity index (χ0v) is 27.4. The van der Waals surface area contributed by atoms with E-state index in [0.29, 0.717) is 55.1 Å². The van der Waals surface area contributed by atoms with Gasteiger partial charge in [0.15, 0.2) is 10.1 Å². The number of anilines is 1. The molecular weight excluding hydrogens is 653 g/mol. The van der Waals surface area contributed by atoms with Crippen LogP contribution in [0.25, 0.3) is 11.4 Å². The number of fused-ring (bicyclic) bond motifs is 1. The van der Waals surface area contributed by atoms with Crippen molar-refractivity contribution in [2.24, 2.45) is 0 Å². The zero-order valence-electron chi connectivity index (χ0n) is 24.2. The lowest BCUT2D eigenvalue weighted by molar-refractivity contribution is -0.132. The molecule has 0 aliphatic carbocycles. The number of pyridine rings is 1. The highest BCUT2D eigenvalue weighted by Crippen LogP contribution is 2.45. The van der Waals surface area contributed by atoms with Gasteiger partial charge in [0.05, 0.1) is 23.9 Å². The van der Waals surface area contributed by atoms with E-state index in [2.05, 4.69) is 22.1 Å². The maximum absolute atomic E-state index is 13.8. The van der Waals surface area contributed by atoms with E-state index in [0.717, 1.165) is 18.4 Å². The van der Waals surface area contributed by atoms with Crippen molar-refractivity contribution in [2.75, 3.05) is 11.5 Å². The molecule has 5 aromatic rings. The number of carbonyl (C=O) groups excluding carboxylic acids is 2. The molecule has 1 aliphatic rings. The number of amides is 1. The van der Waals surface area contributed by atoms with Gasteiger partial charge in [0.25, 0.3) is 5.78 Å². The van der Waals surface area contributed by atoms with Crippen LogP contribution < -0.4 is 9.64 Å². The lowest BCUT2D eigenvalue weighted by Crippen LogP contribution is -2.29. The summed E-state index contributed by atoms with van der Waals surface area (Å²) in [5, 5.41) is 21.7. The van der Waals surface area contributed by atoms with Gasteiger partial charge >= 0.3 is 5.91 Å². The highest BCUT2D eigenvalue weighted by atomic mass is 35.5. The van der Waals surface area contributed by atoms with Gasteiger partial charge in [-0.2, -0.15) is 0 Å². The minimum absolute atomic E-state index is 0.0724. The molecule has 1 amide bonds. The first kappa shape index (κ1) is 31.1. The number of rotatable bonds is 10. The number of thioether (sulfide) groups is 1. The molecule has 230 valence electrons. The molecule has 1 atom stereocenters. The van der Waals surface area contributed by atoms with Crippen LogP contribution in [0, 0.1) is 6.92 Å². The van der Waals surface area contributed by atoms with E-state index in [4.69, 9.17) is 27.9 Å². The maximum atomic E-state index is 13.8. The fourth-order valence-electron chi connectivity index (χ4n) is 5.12. The summed E-state index contributed by atoms with van der Waals surface area (Å²) in [5.74, 6) is -0.898. The normalized spacial score (nSPS) is 16.2. The molecule has 6 rings (SSSR count). The van der Waals surface area contributed by atoms with Crippen molar-refractivity contribution >= 4 is 74.5 Å². The number of hydrogen-bond acceptors (Lipinski definition) is 9. The molecule has 45 heavy (non-hydrogen) atoms. The van der Waals surface area contributed by atoms with Gasteiger partial charge in [-0.05, 0) is 60.9 Å². The highest BCUT2D eigenvalue weighted by molar-refractivity contribution is 8.00. The van der Waals surface area contributed by atoms with Crippen molar-refractivity contribution in [1.82, 2.24) is 19.6 Å². The Balaban J connectivity index is 1.42. The van der Waals surface area contributed by atoms with Gasteiger partial charge in [0, 0.05) is 22.0 Å². The molecule has 0 bridgehead atoms. The van der Waals surface area contributed by atoms with Gasteiger partial charge in [0.2, 0.25) is 5.13 Å². The number of imidazole rings is 1. The van der Waals surface area contributed by atoms with Crippen LogP contribution in [0.1, 0.15) is 48.3 Å². The van der Waals surface area contributed by atoms with E-state index in [9.17, 15) is 14.7 Å². The van der Waals surface area contributed by atoms with Gasteiger partial charge < -0.3 is 9.84 Å². The van der Waals surface area contributed by atoms with Gasteiger partial charge in [-0.15, -0.1) is 10.2 Å². The second-order valence-electron chi connectivity index (χ2n) is 10.3. The Morgan fingerprint density at radius 3 is 2.73 bits per heavy atom. The van der Waals surface area contributed by atoms with Crippen LogP contribution in [0.5, 0.6) is 5.75 Å². The molecule has 0 radical (unpaired) electrons. The molecule has 13 heteroatoms. The third kappa shape index (κ3) is 6.17. The summed E-state index contributed by atoms with van der Waals surface area (Å²) >= 11 is 15.0. The second kappa shape index (κ2) is 13.2. The highest BCUT2D eigenvalue weighted by Gasteiger charge is 2.49. The van der Waals surface area contributed by atoms with Crippen LogP contribution in [-0.4, -0.2) is 43.0 Å². The SMILES string of the molecule is CCCCOc1cccc(C2/C(=C(\O)c3c(C)nc4ccccn34)C(=O)C(=O)N2c2nnc(SCc3ccc(Cl)cc3Cl)s2)c1. The second-order valence-corrected chi connectivity index (χ2v) is 13.3. The largest absolute Gasteiger partial charge is 0.505 e. The van der Waals surface area contributed by atoms with E-state index in [1.165, 1.54) is 28.0 Å². The molecule has 2 aromatic carbocycles. The third-order valence-electron chi connectivity index (χ3n) is 7.28. The molecule has 1 N–H and O–H groups in total. The molecule has 9 nitrogen and oxygen atoms in total. The summed E-state index contributed by atoms with van der Waals surface area (Å²) in [6.07, 6.45) is 3.60. The Kier molecular flexibility index (Phi) is 9.14. The molecule has 1 unspecified atom stereocenters. The molecular formula is C32H27Cl2N5O4S2. The topological polar surface area (TPSA) is 110 Å². The fraction of sp³-hybridized carbons (Fsp3) is 0.219. The summed E-state index contributed by atoms with van der Waals surface area (Å²) in [6, 6.07) is 16.9. The number of ether oxygens (including phenoxy) is 1. The number of nitrogens with zero attached hydrogens (tertiary/aromatic N) is 5. The molecule has 3 aromatic heterocycles. The van der Waals surface area contributed by atoms with E-state index < -0.39 is 17.7 Å². The van der Waals surface area contributed by atoms with Crippen molar-refractivity contribution in [3.05, 3.63) is 105 Å².